The van der Waals surface area contributed by atoms with Crippen LogP contribution in [0.15, 0.2) is 35.3 Å². The van der Waals surface area contributed by atoms with Crippen molar-refractivity contribution in [1.29, 1.82) is 0 Å². The second kappa shape index (κ2) is 3.80. The minimum absolute atomic E-state index is 0.00907. The Morgan fingerprint density at radius 1 is 1.36 bits per heavy atom. The maximum atomic E-state index is 9.05. The second-order valence-electron chi connectivity index (χ2n) is 3.53. The zero-order chi connectivity index (χ0) is 9.97. The molecule has 0 bridgehead atoms. The van der Waals surface area contributed by atoms with Crippen LogP contribution in [-0.4, -0.2) is 29.6 Å². The molecule has 0 saturated heterocycles. The molecule has 1 aliphatic rings. The molecule has 74 valence electrons. The molecule has 2 atom stereocenters. The first-order valence-corrected chi connectivity index (χ1v) is 4.82. The van der Waals surface area contributed by atoms with Gasteiger partial charge in [0.1, 0.15) is 5.84 Å². The molecule has 0 fully saturated rings. The molecule has 0 saturated carbocycles. The van der Waals surface area contributed by atoms with E-state index < -0.39 is 0 Å². The molecule has 0 aromatic heterocycles. The number of aliphatic hydroxyl groups is 1. The number of nitrogens with one attached hydrogen (secondary N) is 1. The molecule has 2 rings (SSSR count). The molecule has 0 amide bonds. The van der Waals surface area contributed by atoms with E-state index in [1.54, 1.807) is 0 Å². The Balaban J connectivity index is 2.22. The van der Waals surface area contributed by atoms with Crippen molar-refractivity contribution in [2.75, 3.05) is 6.61 Å². The highest BCUT2D eigenvalue weighted by Gasteiger charge is 2.24. The second-order valence-corrected chi connectivity index (χ2v) is 3.53. The fourth-order valence-corrected chi connectivity index (χ4v) is 1.58. The zero-order valence-electron chi connectivity index (χ0n) is 8.14. The lowest BCUT2D eigenvalue weighted by molar-refractivity contribution is 0.256. The zero-order valence-corrected chi connectivity index (χ0v) is 8.14. The van der Waals surface area contributed by atoms with Gasteiger partial charge in [0, 0.05) is 11.6 Å². The first kappa shape index (κ1) is 9.21. The van der Waals surface area contributed by atoms with Crippen LogP contribution in [0, 0.1) is 0 Å². The van der Waals surface area contributed by atoms with Crippen LogP contribution in [0.25, 0.3) is 0 Å². The highest BCUT2D eigenvalue weighted by atomic mass is 16.3. The van der Waals surface area contributed by atoms with Crippen LogP contribution in [0.1, 0.15) is 12.5 Å². The molecule has 0 aliphatic carbocycles. The van der Waals surface area contributed by atoms with Gasteiger partial charge in [-0.05, 0) is 6.92 Å². The lowest BCUT2D eigenvalue weighted by Crippen LogP contribution is -2.33. The molecule has 3 heteroatoms. The van der Waals surface area contributed by atoms with Gasteiger partial charge in [0.15, 0.2) is 0 Å². The van der Waals surface area contributed by atoms with Gasteiger partial charge in [-0.1, -0.05) is 30.3 Å². The molecule has 2 unspecified atom stereocenters. The maximum absolute atomic E-state index is 9.05. The monoisotopic (exact) mass is 190 g/mol. The van der Waals surface area contributed by atoms with Crippen LogP contribution in [0.3, 0.4) is 0 Å². The Hall–Kier alpha value is -1.35. The third kappa shape index (κ3) is 1.63. The van der Waals surface area contributed by atoms with E-state index in [9.17, 15) is 0 Å². The third-order valence-electron chi connectivity index (χ3n) is 2.47. The molecular formula is C11H14N2O. The van der Waals surface area contributed by atoms with Gasteiger partial charge in [-0.2, -0.15) is 0 Å². The van der Waals surface area contributed by atoms with Crippen molar-refractivity contribution in [1.82, 2.24) is 5.32 Å². The Bertz CT molecular complexity index is 334. The molecule has 1 heterocycles. The molecule has 14 heavy (non-hydrogen) atoms. The van der Waals surface area contributed by atoms with Crippen LogP contribution in [-0.2, 0) is 0 Å². The van der Waals surface area contributed by atoms with E-state index in [-0.39, 0.29) is 18.7 Å². The molecule has 0 radical (unpaired) electrons. The summed E-state index contributed by atoms with van der Waals surface area (Å²) >= 11 is 0. The predicted octanol–water partition coefficient (Wildman–Crippen LogP) is 0.786. The fraction of sp³-hybridized carbons (Fsp3) is 0.364. The summed E-state index contributed by atoms with van der Waals surface area (Å²) in [5, 5.41) is 12.3. The Morgan fingerprint density at radius 2 is 2.07 bits per heavy atom. The summed E-state index contributed by atoms with van der Waals surface area (Å²) in [6, 6.07) is 10.2. The topological polar surface area (TPSA) is 44.6 Å². The average molecular weight is 190 g/mol. The van der Waals surface area contributed by atoms with E-state index in [2.05, 4.69) is 10.3 Å². The Kier molecular flexibility index (Phi) is 2.50. The van der Waals surface area contributed by atoms with E-state index in [4.69, 9.17) is 5.11 Å². The molecule has 3 nitrogen and oxygen atoms in total. The number of benzene rings is 1. The smallest absolute Gasteiger partial charge is 0.128 e. The third-order valence-corrected chi connectivity index (χ3v) is 2.47. The average Bonchev–Trinajstić information content (AvgIpc) is 2.61. The summed E-state index contributed by atoms with van der Waals surface area (Å²) in [6.45, 7) is 2.13. The largest absolute Gasteiger partial charge is 0.394 e. The molecular weight excluding hydrogens is 176 g/mol. The molecule has 1 aromatic rings. The first-order valence-electron chi connectivity index (χ1n) is 4.82. The van der Waals surface area contributed by atoms with Crippen molar-refractivity contribution in [3.63, 3.8) is 0 Å². The van der Waals surface area contributed by atoms with Crippen molar-refractivity contribution >= 4 is 5.84 Å². The Morgan fingerprint density at radius 3 is 2.64 bits per heavy atom. The van der Waals surface area contributed by atoms with Gasteiger partial charge in [0.05, 0.1) is 12.6 Å². The standard InChI is InChI=1S/C11H14N2O/c1-8-10(7-14)13-11(12-8)9-5-3-2-4-6-9/h2-6,8,10,14H,7H2,1H3,(H,12,13). The number of hydrogen-bond acceptors (Lipinski definition) is 3. The number of nitrogens with zero attached hydrogens (tertiary/aromatic N) is 1. The minimum Gasteiger partial charge on any atom is -0.394 e. The summed E-state index contributed by atoms with van der Waals surface area (Å²) in [7, 11) is 0. The van der Waals surface area contributed by atoms with Crippen molar-refractivity contribution in [3.05, 3.63) is 35.9 Å². The van der Waals surface area contributed by atoms with Crippen molar-refractivity contribution in [2.45, 2.75) is 19.0 Å². The summed E-state index contributed by atoms with van der Waals surface area (Å²) in [4.78, 5) is 4.41. The van der Waals surface area contributed by atoms with Gasteiger partial charge in [-0.3, -0.25) is 4.99 Å². The predicted molar refractivity (Wildman–Crippen MR) is 56.5 cm³/mol. The normalized spacial score (nSPS) is 25.7. The lowest BCUT2D eigenvalue weighted by Gasteiger charge is -2.09. The SMILES string of the molecule is CC1NC(c2ccccc2)=NC1CO. The summed E-state index contributed by atoms with van der Waals surface area (Å²) in [6.07, 6.45) is 0. The number of aliphatic imine (C=N–C) groups is 1. The number of aliphatic hydroxyl groups excluding tert-OH is 1. The van der Waals surface area contributed by atoms with E-state index in [0.717, 1.165) is 11.4 Å². The van der Waals surface area contributed by atoms with E-state index in [1.807, 2.05) is 37.3 Å². The maximum Gasteiger partial charge on any atom is 0.128 e. The lowest BCUT2D eigenvalue weighted by atomic mass is 10.2. The minimum atomic E-state index is -0.00907. The van der Waals surface area contributed by atoms with Crippen LogP contribution < -0.4 is 5.32 Å². The van der Waals surface area contributed by atoms with E-state index in [1.165, 1.54) is 0 Å². The highest BCUT2D eigenvalue weighted by molar-refractivity contribution is 6.00. The van der Waals surface area contributed by atoms with Crippen LogP contribution >= 0.6 is 0 Å². The van der Waals surface area contributed by atoms with Crippen molar-refractivity contribution < 1.29 is 5.11 Å². The van der Waals surface area contributed by atoms with Gasteiger partial charge in [0.2, 0.25) is 0 Å². The quantitative estimate of drug-likeness (QED) is 0.724. The van der Waals surface area contributed by atoms with E-state index >= 15 is 0 Å². The van der Waals surface area contributed by atoms with Crippen molar-refractivity contribution in [2.24, 2.45) is 4.99 Å². The van der Waals surface area contributed by atoms with Gasteiger partial charge in [-0.25, -0.2) is 0 Å². The Labute approximate surface area is 83.5 Å². The molecule has 0 spiro atoms. The molecule has 1 aromatic carbocycles. The van der Waals surface area contributed by atoms with Crippen LogP contribution in [0.4, 0.5) is 0 Å². The summed E-state index contributed by atoms with van der Waals surface area (Å²) in [5.74, 6) is 0.886. The van der Waals surface area contributed by atoms with Gasteiger partial charge in [0.25, 0.3) is 0 Å². The van der Waals surface area contributed by atoms with Gasteiger partial charge < -0.3 is 10.4 Å². The number of rotatable bonds is 2. The summed E-state index contributed by atoms with van der Waals surface area (Å²) in [5.41, 5.74) is 1.08. The highest BCUT2D eigenvalue weighted by Crippen LogP contribution is 2.11. The van der Waals surface area contributed by atoms with Gasteiger partial charge >= 0.3 is 0 Å². The number of amidine groups is 1. The van der Waals surface area contributed by atoms with Crippen molar-refractivity contribution in [3.8, 4) is 0 Å². The number of hydrogen-bond donors (Lipinski definition) is 2. The van der Waals surface area contributed by atoms with Crippen LogP contribution in [0.5, 0.6) is 0 Å². The van der Waals surface area contributed by atoms with E-state index in [0.29, 0.717) is 0 Å². The summed E-state index contributed by atoms with van der Waals surface area (Å²) < 4.78 is 0. The fourth-order valence-electron chi connectivity index (χ4n) is 1.58. The molecule has 1 aliphatic heterocycles. The van der Waals surface area contributed by atoms with Gasteiger partial charge in [-0.15, -0.1) is 0 Å². The molecule has 2 N–H and O–H groups in total. The first-order chi connectivity index (χ1) is 6.81. The van der Waals surface area contributed by atoms with Crippen LogP contribution in [0.2, 0.25) is 0 Å².